The largest absolute Gasteiger partial charge is 0.351 e. The van der Waals surface area contributed by atoms with Crippen LogP contribution in [0.25, 0.3) is 0 Å². The molecule has 122 valence electrons. The van der Waals surface area contributed by atoms with E-state index in [-0.39, 0.29) is 30.1 Å². The summed E-state index contributed by atoms with van der Waals surface area (Å²) in [5.74, 6) is 0.0965. The van der Waals surface area contributed by atoms with Crippen molar-refractivity contribution in [2.24, 2.45) is 5.92 Å². The van der Waals surface area contributed by atoms with Crippen LogP contribution < -0.4 is 16.0 Å². The van der Waals surface area contributed by atoms with Crippen molar-refractivity contribution in [2.45, 2.75) is 26.2 Å². The number of amides is 2. The average Bonchev–Trinajstić information content (AvgIpc) is 3.32. The van der Waals surface area contributed by atoms with Crippen LogP contribution >= 0.6 is 12.4 Å². The smallest absolute Gasteiger partial charge is 0.251 e. The lowest BCUT2D eigenvalue weighted by Gasteiger charge is -2.08. The molecule has 1 aromatic rings. The van der Waals surface area contributed by atoms with Crippen molar-refractivity contribution in [3.63, 3.8) is 0 Å². The standard InChI is InChI=1S/C16H23N3O2.ClH/c1-2-8-17-9-10-18-15(20)13-4-3-5-14(11-13)19-16(21)12-6-7-12;/h3-5,11-12,17H,2,6-10H2,1H3,(H,18,20)(H,19,21);1H. The first kappa shape index (κ1) is 18.5. The molecule has 1 saturated carbocycles. The molecule has 0 unspecified atom stereocenters. The van der Waals surface area contributed by atoms with Crippen LogP contribution in [-0.2, 0) is 4.79 Å². The van der Waals surface area contributed by atoms with Crippen molar-refractivity contribution in [1.29, 1.82) is 0 Å². The first-order valence-electron chi connectivity index (χ1n) is 7.60. The zero-order valence-corrected chi connectivity index (χ0v) is 13.7. The highest BCUT2D eigenvalue weighted by Crippen LogP contribution is 2.30. The SMILES string of the molecule is CCCNCCNC(=O)c1cccc(NC(=O)C2CC2)c1.Cl. The topological polar surface area (TPSA) is 70.2 Å². The summed E-state index contributed by atoms with van der Waals surface area (Å²) < 4.78 is 0. The molecule has 5 nitrogen and oxygen atoms in total. The van der Waals surface area contributed by atoms with Crippen LogP contribution in [0.1, 0.15) is 36.5 Å². The molecule has 1 aromatic carbocycles. The molecule has 6 heteroatoms. The summed E-state index contributed by atoms with van der Waals surface area (Å²) in [5.41, 5.74) is 1.25. The van der Waals surface area contributed by atoms with Gasteiger partial charge in [0.05, 0.1) is 0 Å². The highest BCUT2D eigenvalue weighted by atomic mass is 35.5. The fraction of sp³-hybridized carbons (Fsp3) is 0.500. The number of halogens is 1. The lowest BCUT2D eigenvalue weighted by Crippen LogP contribution is -2.32. The second-order valence-corrected chi connectivity index (χ2v) is 5.35. The van der Waals surface area contributed by atoms with E-state index in [1.165, 1.54) is 0 Å². The normalized spacial score (nSPS) is 13.1. The van der Waals surface area contributed by atoms with Crippen molar-refractivity contribution in [3.05, 3.63) is 29.8 Å². The number of rotatable bonds is 8. The third kappa shape index (κ3) is 6.03. The molecule has 1 aliphatic rings. The number of anilines is 1. The maximum Gasteiger partial charge on any atom is 0.251 e. The van der Waals surface area contributed by atoms with Crippen molar-refractivity contribution < 1.29 is 9.59 Å². The van der Waals surface area contributed by atoms with Gasteiger partial charge in [-0.25, -0.2) is 0 Å². The van der Waals surface area contributed by atoms with Gasteiger partial charge in [-0.2, -0.15) is 0 Å². The van der Waals surface area contributed by atoms with Crippen LogP contribution in [0.2, 0.25) is 0 Å². The van der Waals surface area contributed by atoms with Crippen LogP contribution in [0.3, 0.4) is 0 Å². The van der Waals surface area contributed by atoms with E-state index in [1.54, 1.807) is 24.3 Å². The van der Waals surface area contributed by atoms with Crippen LogP contribution in [0.15, 0.2) is 24.3 Å². The molecule has 0 spiro atoms. The molecular weight excluding hydrogens is 302 g/mol. The molecule has 0 heterocycles. The van der Waals surface area contributed by atoms with E-state index < -0.39 is 0 Å². The molecule has 1 aliphatic carbocycles. The minimum atomic E-state index is -0.115. The molecular formula is C16H24ClN3O2. The maximum atomic E-state index is 12.0. The van der Waals surface area contributed by atoms with Crippen LogP contribution in [0.4, 0.5) is 5.69 Å². The van der Waals surface area contributed by atoms with Gasteiger partial charge in [-0.15, -0.1) is 12.4 Å². The molecule has 2 rings (SSSR count). The van der Waals surface area contributed by atoms with Crippen LogP contribution in [0.5, 0.6) is 0 Å². The number of nitrogens with one attached hydrogen (secondary N) is 3. The molecule has 0 bridgehead atoms. The van der Waals surface area contributed by atoms with E-state index in [9.17, 15) is 9.59 Å². The molecule has 0 aliphatic heterocycles. The summed E-state index contributed by atoms with van der Waals surface area (Å²) in [4.78, 5) is 23.7. The third-order valence-electron chi connectivity index (χ3n) is 3.35. The Morgan fingerprint density at radius 1 is 1.18 bits per heavy atom. The Labute approximate surface area is 137 Å². The van der Waals surface area contributed by atoms with E-state index in [4.69, 9.17) is 0 Å². The van der Waals surface area contributed by atoms with E-state index >= 15 is 0 Å². The molecule has 3 N–H and O–H groups in total. The number of carbonyl (C=O) groups is 2. The Morgan fingerprint density at radius 3 is 2.64 bits per heavy atom. The van der Waals surface area contributed by atoms with Gasteiger partial charge in [0.2, 0.25) is 5.91 Å². The first-order valence-corrected chi connectivity index (χ1v) is 7.60. The van der Waals surface area contributed by atoms with Gasteiger partial charge in [-0.3, -0.25) is 9.59 Å². The van der Waals surface area contributed by atoms with Crippen molar-refractivity contribution in [1.82, 2.24) is 10.6 Å². The molecule has 1 fully saturated rings. The van der Waals surface area contributed by atoms with Gasteiger partial charge < -0.3 is 16.0 Å². The van der Waals surface area contributed by atoms with Crippen molar-refractivity contribution in [3.8, 4) is 0 Å². The fourth-order valence-electron chi connectivity index (χ4n) is 2.00. The van der Waals surface area contributed by atoms with Gasteiger partial charge >= 0.3 is 0 Å². The van der Waals surface area contributed by atoms with Crippen LogP contribution in [-0.4, -0.2) is 31.4 Å². The van der Waals surface area contributed by atoms with E-state index in [0.717, 1.165) is 32.4 Å². The van der Waals surface area contributed by atoms with Gasteiger partial charge in [0.25, 0.3) is 5.91 Å². The number of hydrogen-bond acceptors (Lipinski definition) is 3. The minimum absolute atomic E-state index is 0. The summed E-state index contributed by atoms with van der Waals surface area (Å²) in [6, 6.07) is 7.06. The third-order valence-corrected chi connectivity index (χ3v) is 3.35. The predicted molar refractivity (Wildman–Crippen MR) is 90.5 cm³/mol. The first-order chi connectivity index (χ1) is 10.2. The Hall–Kier alpha value is -1.59. The molecule has 0 saturated heterocycles. The van der Waals surface area contributed by atoms with E-state index in [2.05, 4.69) is 22.9 Å². The Kier molecular flexibility index (Phi) is 7.91. The second-order valence-electron chi connectivity index (χ2n) is 5.35. The number of benzene rings is 1. The summed E-state index contributed by atoms with van der Waals surface area (Å²) in [6.45, 7) is 4.42. The highest BCUT2D eigenvalue weighted by Gasteiger charge is 2.29. The zero-order valence-electron chi connectivity index (χ0n) is 12.9. The highest BCUT2D eigenvalue weighted by molar-refractivity contribution is 5.98. The number of carbonyl (C=O) groups excluding carboxylic acids is 2. The van der Waals surface area contributed by atoms with Crippen LogP contribution in [0, 0.1) is 5.92 Å². The number of hydrogen-bond donors (Lipinski definition) is 3. The Bertz CT molecular complexity index is 504. The monoisotopic (exact) mass is 325 g/mol. The fourth-order valence-corrected chi connectivity index (χ4v) is 2.00. The Morgan fingerprint density at radius 2 is 1.95 bits per heavy atom. The summed E-state index contributed by atoms with van der Waals surface area (Å²) in [5, 5.41) is 8.94. The van der Waals surface area contributed by atoms with Crippen molar-refractivity contribution >= 4 is 29.9 Å². The minimum Gasteiger partial charge on any atom is -0.351 e. The second kappa shape index (κ2) is 9.43. The molecule has 0 aromatic heterocycles. The quantitative estimate of drug-likeness (QED) is 0.642. The van der Waals surface area contributed by atoms with Gasteiger partial charge in [-0.1, -0.05) is 13.0 Å². The lowest BCUT2D eigenvalue weighted by atomic mass is 10.2. The molecule has 0 radical (unpaired) electrons. The van der Waals surface area contributed by atoms with Gasteiger partial charge in [0.15, 0.2) is 0 Å². The lowest BCUT2D eigenvalue weighted by molar-refractivity contribution is -0.117. The summed E-state index contributed by atoms with van der Waals surface area (Å²) >= 11 is 0. The zero-order chi connectivity index (χ0) is 15.1. The van der Waals surface area contributed by atoms with Crippen molar-refractivity contribution in [2.75, 3.05) is 25.0 Å². The molecule has 22 heavy (non-hydrogen) atoms. The average molecular weight is 326 g/mol. The summed E-state index contributed by atoms with van der Waals surface area (Å²) in [6.07, 6.45) is 3.02. The van der Waals surface area contributed by atoms with E-state index in [1.807, 2.05) is 0 Å². The van der Waals surface area contributed by atoms with Gasteiger partial charge in [0.1, 0.15) is 0 Å². The van der Waals surface area contributed by atoms with Gasteiger partial charge in [0, 0.05) is 30.3 Å². The summed E-state index contributed by atoms with van der Waals surface area (Å²) in [7, 11) is 0. The van der Waals surface area contributed by atoms with Gasteiger partial charge in [-0.05, 0) is 44.0 Å². The predicted octanol–water partition coefficient (Wildman–Crippen LogP) is 2.19. The Balaban J connectivity index is 0.00000242. The molecule has 0 atom stereocenters. The van der Waals surface area contributed by atoms with E-state index in [0.29, 0.717) is 17.8 Å². The molecule has 2 amide bonds. The maximum absolute atomic E-state index is 12.0.